The van der Waals surface area contributed by atoms with Crippen molar-refractivity contribution < 1.29 is 4.79 Å². The first-order valence-corrected chi connectivity index (χ1v) is 9.73. The summed E-state index contributed by atoms with van der Waals surface area (Å²) in [5, 5.41) is 3.15. The van der Waals surface area contributed by atoms with Crippen molar-refractivity contribution in [3.8, 4) is 0 Å². The Morgan fingerprint density at radius 3 is 2.81 bits per heavy atom. The molecule has 0 radical (unpaired) electrons. The molecule has 2 aromatic carbocycles. The third kappa shape index (κ3) is 3.97. The minimum atomic E-state index is 0.00920. The van der Waals surface area contributed by atoms with Crippen LogP contribution in [0, 0.1) is 5.92 Å². The number of hydrogen-bond donors (Lipinski definition) is 2. The second-order valence-corrected chi connectivity index (χ2v) is 7.42. The van der Waals surface area contributed by atoms with Crippen LogP contribution in [0.3, 0.4) is 0 Å². The van der Waals surface area contributed by atoms with Gasteiger partial charge in [0.1, 0.15) is 0 Å². The lowest BCUT2D eigenvalue weighted by Crippen LogP contribution is -2.44. The number of benzene rings is 2. The summed E-state index contributed by atoms with van der Waals surface area (Å²) in [5.74, 6) is 1.34. The number of imidazole rings is 1. The Kier molecular flexibility index (Phi) is 5.10. The summed E-state index contributed by atoms with van der Waals surface area (Å²) in [5.41, 5.74) is 3.26. The van der Waals surface area contributed by atoms with Crippen molar-refractivity contribution in [2.24, 2.45) is 5.92 Å². The van der Waals surface area contributed by atoms with Crippen LogP contribution >= 0.6 is 0 Å². The highest BCUT2D eigenvalue weighted by molar-refractivity contribution is 5.80. The second-order valence-electron chi connectivity index (χ2n) is 7.42. The molecule has 0 unspecified atom stereocenters. The summed E-state index contributed by atoms with van der Waals surface area (Å²) in [6.45, 7) is 4.47. The molecule has 1 saturated heterocycles. The molecule has 1 aliphatic rings. The number of nitrogens with one attached hydrogen (secondary N) is 2. The Morgan fingerprint density at radius 1 is 1.22 bits per heavy atom. The van der Waals surface area contributed by atoms with E-state index in [-0.39, 0.29) is 11.8 Å². The van der Waals surface area contributed by atoms with Gasteiger partial charge in [0.2, 0.25) is 11.9 Å². The number of nitrogens with zero attached hydrogens (tertiary/aromatic N) is 2. The molecular formula is C22H26N4O. The van der Waals surface area contributed by atoms with Crippen LogP contribution in [0.5, 0.6) is 0 Å². The highest BCUT2D eigenvalue weighted by Gasteiger charge is 2.27. The monoisotopic (exact) mass is 362 g/mol. The molecule has 0 aliphatic carbocycles. The number of hydrogen-bond acceptors (Lipinski definition) is 3. The second kappa shape index (κ2) is 7.82. The number of aromatic nitrogens is 2. The largest absolute Gasteiger partial charge is 0.355 e. The summed E-state index contributed by atoms with van der Waals surface area (Å²) < 4.78 is 0. The highest BCUT2D eigenvalue weighted by atomic mass is 16.1. The molecule has 5 heteroatoms. The Morgan fingerprint density at radius 2 is 2.00 bits per heavy atom. The number of H-pyrrole nitrogens is 1. The molecule has 1 amide bonds. The van der Waals surface area contributed by atoms with E-state index in [0.717, 1.165) is 36.4 Å². The Labute approximate surface area is 159 Å². The van der Waals surface area contributed by atoms with Gasteiger partial charge in [-0.15, -0.1) is 0 Å². The number of carbonyl (C=O) groups is 1. The van der Waals surface area contributed by atoms with Crippen LogP contribution in [-0.2, 0) is 4.79 Å². The molecule has 0 bridgehead atoms. The fourth-order valence-corrected chi connectivity index (χ4v) is 3.77. The van der Waals surface area contributed by atoms with Gasteiger partial charge < -0.3 is 15.2 Å². The molecule has 2 N–H and O–H groups in total. The van der Waals surface area contributed by atoms with E-state index in [9.17, 15) is 4.79 Å². The average molecular weight is 362 g/mol. The summed E-state index contributed by atoms with van der Waals surface area (Å²) in [7, 11) is 0. The molecule has 140 valence electrons. The lowest BCUT2D eigenvalue weighted by molar-refractivity contribution is -0.125. The van der Waals surface area contributed by atoms with Gasteiger partial charge in [-0.3, -0.25) is 4.79 Å². The highest BCUT2D eigenvalue weighted by Crippen LogP contribution is 2.24. The van der Waals surface area contributed by atoms with E-state index in [2.05, 4.69) is 39.2 Å². The zero-order chi connectivity index (χ0) is 18.6. The number of piperidine rings is 1. The van der Waals surface area contributed by atoms with Crippen molar-refractivity contribution in [1.29, 1.82) is 0 Å². The molecule has 0 spiro atoms. The third-order valence-electron chi connectivity index (χ3n) is 5.42. The van der Waals surface area contributed by atoms with E-state index in [1.165, 1.54) is 5.56 Å². The van der Waals surface area contributed by atoms with E-state index in [4.69, 9.17) is 0 Å². The van der Waals surface area contributed by atoms with Crippen molar-refractivity contribution in [2.45, 2.75) is 25.7 Å². The summed E-state index contributed by atoms with van der Waals surface area (Å²) in [4.78, 5) is 23.0. The summed E-state index contributed by atoms with van der Waals surface area (Å²) >= 11 is 0. The van der Waals surface area contributed by atoms with Gasteiger partial charge in [0.05, 0.1) is 17.0 Å². The minimum absolute atomic E-state index is 0.00920. The molecule has 2 heterocycles. The van der Waals surface area contributed by atoms with Crippen LogP contribution in [0.15, 0.2) is 54.6 Å². The van der Waals surface area contributed by atoms with Crippen LogP contribution in [-0.4, -0.2) is 35.5 Å². The number of para-hydroxylation sites is 2. The Balaban J connectivity index is 1.36. The van der Waals surface area contributed by atoms with E-state index in [0.29, 0.717) is 19.0 Å². The topological polar surface area (TPSA) is 61.0 Å². The number of amides is 1. The Bertz CT molecular complexity index is 872. The number of carbonyl (C=O) groups excluding carboxylic acids is 1. The molecule has 0 saturated carbocycles. The third-order valence-corrected chi connectivity index (χ3v) is 5.42. The number of aromatic amines is 1. The lowest BCUT2D eigenvalue weighted by atomic mass is 9.96. The molecule has 4 rings (SSSR count). The van der Waals surface area contributed by atoms with Gasteiger partial charge in [0.25, 0.3) is 0 Å². The quantitative estimate of drug-likeness (QED) is 0.727. The first-order valence-electron chi connectivity index (χ1n) is 9.73. The fraction of sp³-hybridized carbons (Fsp3) is 0.364. The molecule has 1 fully saturated rings. The zero-order valence-electron chi connectivity index (χ0n) is 15.7. The average Bonchev–Trinajstić information content (AvgIpc) is 3.17. The molecule has 1 aromatic heterocycles. The molecule has 27 heavy (non-hydrogen) atoms. The fourth-order valence-electron chi connectivity index (χ4n) is 3.77. The number of rotatable bonds is 5. The summed E-state index contributed by atoms with van der Waals surface area (Å²) in [6.07, 6.45) is 1.94. The lowest BCUT2D eigenvalue weighted by Gasteiger charge is -2.32. The van der Waals surface area contributed by atoms with Gasteiger partial charge in [-0.1, -0.05) is 49.4 Å². The summed E-state index contributed by atoms with van der Waals surface area (Å²) in [6, 6.07) is 18.4. The Hall–Kier alpha value is -2.82. The van der Waals surface area contributed by atoms with Crippen molar-refractivity contribution in [3.63, 3.8) is 0 Å². The van der Waals surface area contributed by atoms with Crippen LogP contribution in [0.2, 0.25) is 0 Å². The van der Waals surface area contributed by atoms with Crippen molar-refractivity contribution in [1.82, 2.24) is 15.3 Å². The molecule has 5 nitrogen and oxygen atoms in total. The van der Waals surface area contributed by atoms with Gasteiger partial charge in [-0.05, 0) is 36.5 Å². The first-order chi connectivity index (χ1) is 13.2. The van der Waals surface area contributed by atoms with E-state index >= 15 is 0 Å². The molecular weight excluding hydrogens is 336 g/mol. The van der Waals surface area contributed by atoms with Gasteiger partial charge >= 0.3 is 0 Å². The van der Waals surface area contributed by atoms with Gasteiger partial charge in [-0.2, -0.15) is 0 Å². The van der Waals surface area contributed by atoms with Crippen LogP contribution in [0.4, 0.5) is 5.95 Å². The van der Waals surface area contributed by atoms with E-state index in [1.807, 2.05) is 42.5 Å². The van der Waals surface area contributed by atoms with Gasteiger partial charge in [0, 0.05) is 19.6 Å². The van der Waals surface area contributed by atoms with Crippen molar-refractivity contribution in [3.05, 3.63) is 60.2 Å². The molecule has 2 atom stereocenters. The van der Waals surface area contributed by atoms with Gasteiger partial charge in [0.15, 0.2) is 0 Å². The standard InChI is InChI=1S/C22H26N4O/c1-16(17-8-3-2-4-9-17)14-23-21(27)18-10-7-13-26(15-18)22-24-19-11-5-6-12-20(19)25-22/h2-6,8-9,11-12,16,18H,7,10,13-15H2,1H3,(H,23,27)(H,24,25)/t16-,18-/m1/s1. The maximum Gasteiger partial charge on any atom is 0.224 e. The predicted molar refractivity (Wildman–Crippen MR) is 109 cm³/mol. The maximum atomic E-state index is 12.7. The first kappa shape index (κ1) is 17.6. The van der Waals surface area contributed by atoms with E-state index < -0.39 is 0 Å². The van der Waals surface area contributed by atoms with Crippen LogP contribution < -0.4 is 10.2 Å². The maximum absolute atomic E-state index is 12.7. The van der Waals surface area contributed by atoms with Crippen LogP contribution in [0.1, 0.15) is 31.2 Å². The predicted octanol–water partition coefficient (Wildman–Crippen LogP) is 3.70. The smallest absolute Gasteiger partial charge is 0.224 e. The normalized spacial score (nSPS) is 18.4. The molecule has 3 aromatic rings. The van der Waals surface area contributed by atoms with Crippen molar-refractivity contribution >= 4 is 22.9 Å². The van der Waals surface area contributed by atoms with Crippen LogP contribution in [0.25, 0.3) is 11.0 Å². The SMILES string of the molecule is C[C@H](CNC(=O)[C@@H]1CCCN(c2nc3ccccc3[nH]2)C1)c1ccccc1. The zero-order valence-corrected chi connectivity index (χ0v) is 15.7. The molecule has 1 aliphatic heterocycles. The van der Waals surface area contributed by atoms with Gasteiger partial charge in [-0.25, -0.2) is 4.98 Å². The number of fused-ring (bicyclic) bond motifs is 1. The number of anilines is 1. The van der Waals surface area contributed by atoms with Crippen molar-refractivity contribution in [2.75, 3.05) is 24.5 Å². The minimum Gasteiger partial charge on any atom is -0.355 e. The van der Waals surface area contributed by atoms with E-state index in [1.54, 1.807) is 0 Å².